The predicted octanol–water partition coefficient (Wildman–Crippen LogP) is 4.30. The van der Waals surface area contributed by atoms with E-state index < -0.39 is 12.0 Å². The minimum Gasteiger partial charge on any atom is -0.353 e. The molecule has 2 atom stereocenters. The van der Waals surface area contributed by atoms with Gasteiger partial charge in [0.15, 0.2) is 17.9 Å². The van der Waals surface area contributed by atoms with Crippen molar-refractivity contribution >= 4 is 11.6 Å². The van der Waals surface area contributed by atoms with Crippen molar-refractivity contribution in [3.8, 4) is 0 Å². The smallest absolute Gasteiger partial charge is 0.176 e. The second-order valence-electron chi connectivity index (χ2n) is 6.43. The van der Waals surface area contributed by atoms with Gasteiger partial charge in [-0.2, -0.15) is 0 Å². The van der Waals surface area contributed by atoms with Gasteiger partial charge < -0.3 is 9.47 Å². The van der Waals surface area contributed by atoms with E-state index in [2.05, 4.69) is 0 Å². The Bertz CT molecular complexity index is 673. The van der Waals surface area contributed by atoms with E-state index >= 15 is 0 Å². The van der Waals surface area contributed by atoms with Crippen LogP contribution in [0.15, 0.2) is 60.7 Å². The van der Waals surface area contributed by atoms with Gasteiger partial charge in [0.1, 0.15) is 5.92 Å². The van der Waals surface area contributed by atoms with Crippen LogP contribution in [0, 0.1) is 5.92 Å². The van der Waals surface area contributed by atoms with Crippen molar-refractivity contribution < 1.29 is 19.1 Å². The highest BCUT2D eigenvalue weighted by Crippen LogP contribution is 2.29. The standard InChI is InChI=1S/C22H24O4/c1-2-25-19-15-9-14-18(26-19)20(21(23)16-10-5-3-6-11-16)22(24)17-12-7-4-8-13-17/h3-8,10-13,18-20H,2,9,14-15H2,1H3. The maximum absolute atomic E-state index is 13.2. The highest BCUT2D eigenvalue weighted by molar-refractivity contribution is 6.16. The van der Waals surface area contributed by atoms with E-state index in [0.717, 1.165) is 12.8 Å². The Labute approximate surface area is 154 Å². The van der Waals surface area contributed by atoms with Crippen molar-refractivity contribution in [1.82, 2.24) is 0 Å². The maximum atomic E-state index is 13.2. The topological polar surface area (TPSA) is 52.6 Å². The zero-order chi connectivity index (χ0) is 18.4. The van der Waals surface area contributed by atoms with E-state index in [-0.39, 0.29) is 17.9 Å². The minimum absolute atomic E-state index is 0.193. The normalized spacial score (nSPS) is 20.1. The van der Waals surface area contributed by atoms with Gasteiger partial charge in [-0.1, -0.05) is 60.7 Å². The highest BCUT2D eigenvalue weighted by atomic mass is 16.7. The maximum Gasteiger partial charge on any atom is 0.176 e. The summed E-state index contributed by atoms with van der Waals surface area (Å²) in [5, 5.41) is 0. The molecular formula is C22H24O4. The van der Waals surface area contributed by atoms with Gasteiger partial charge in [-0.3, -0.25) is 9.59 Å². The summed E-state index contributed by atoms with van der Waals surface area (Å²) in [6.45, 7) is 2.45. The lowest BCUT2D eigenvalue weighted by Crippen LogP contribution is -2.42. The van der Waals surface area contributed by atoms with E-state index in [1.54, 1.807) is 24.3 Å². The second kappa shape index (κ2) is 8.88. The van der Waals surface area contributed by atoms with Crippen LogP contribution in [-0.2, 0) is 9.47 Å². The summed E-state index contributed by atoms with van der Waals surface area (Å²) in [5.74, 6) is -1.24. The summed E-state index contributed by atoms with van der Waals surface area (Å²) in [6.07, 6.45) is 1.51. The molecule has 1 fully saturated rings. The van der Waals surface area contributed by atoms with E-state index in [0.29, 0.717) is 24.2 Å². The van der Waals surface area contributed by atoms with E-state index in [4.69, 9.17) is 9.47 Å². The number of hydrogen-bond acceptors (Lipinski definition) is 4. The molecule has 0 aliphatic carbocycles. The van der Waals surface area contributed by atoms with Crippen LogP contribution >= 0.6 is 0 Å². The lowest BCUT2D eigenvalue weighted by Gasteiger charge is -2.33. The molecule has 0 N–H and O–H groups in total. The number of ketones is 2. The van der Waals surface area contributed by atoms with Crippen LogP contribution in [0.2, 0.25) is 0 Å². The van der Waals surface area contributed by atoms with E-state index in [1.165, 1.54) is 0 Å². The third-order valence-corrected chi connectivity index (χ3v) is 4.66. The first kappa shape index (κ1) is 18.5. The number of carbonyl (C=O) groups excluding carboxylic acids is 2. The van der Waals surface area contributed by atoms with Crippen molar-refractivity contribution in [2.45, 2.75) is 38.6 Å². The van der Waals surface area contributed by atoms with E-state index in [9.17, 15) is 9.59 Å². The Morgan fingerprint density at radius 3 is 2.00 bits per heavy atom. The third-order valence-electron chi connectivity index (χ3n) is 4.66. The van der Waals surface area contributed by atoms with Crippen molar-refractivity contribution in [3.05, 3.63) is 71.8 Å². The molecule has 4 heteroatoms. The fourth-order valence-corrected chi connectivity index (χ4v) is 3.39. The van der Waals surface area contributed by atoms with Crippen LogP contribution < -0.4 is 0 Å². The van der Waals surface area contributed by atoms with E-state index in [1.807, 2.05) is 43.3 Å². The van der Waals surface area contributed by atoms with Gasteiger partial charge in [0.25, 0.3) is 0 Å². The SMILES string of the molecule is CCOC1CCCC(C(C(=O)c2ccccc2)C(=O)c2ccccc2)O1. The Hall–Kier alpha value is -2.30. The molecular weight excluding hydrogens is 328 g/mol. The quantitative estimate of drug-likeness (QED) is 0.551. The number of rotatable bonds is 7. The molecule has 1 aliphatic heterocycles. The van der Waals surface area contributed by atoms with Gasteiger partial charge >= 0.3 is 0 Å². The van der Waals surface area contributed by atoms with Crippen LogP contribution in [0.3, 0.4) is 0 Å². The van der Waals surface area contributed by atoms with Crippen molar-refractivity contribution in [1.29, 1.82) is 0 Å². The van der Waals surface area contributed by atoms with Crippen molar-refractivity contribution in [2.24, 2.45) is 5.92 Å². The van der Waals surface area contributed by atoms with Gasteiger partial charge in [0, 0.05) is 17.7 Å². The first-order valence-corrected chi connectivity index (χ1v) is 9.16. The molecule has 1 saturated heterocycles. The molecule has 0 saturated carbocycles. The fraction of sp³-hybridized carbons (Fsp3) is 0.364. The molecule has 1 aliphatic rings. The van der Waals surface area contributed by atoms with Gasteiger partial charge in [-0.25, -0.2) is 0 Å². The van der Waals surface area contributed by atoms with Crippen molar-refractivity contribution in [2.75, 3.05) is 6.61 Å². The number of carbonyl (C=O) groups is 2. The van der Waals surface area contributed by atoms with Crippen LogP contribution in [0.1, 0.15) is 46.9 Å². The molecule has 0 radical (unpaired) electrons. The monoisotopic (exact) mass is 352 g/mol. The number of Topliss-reactive ketones (excluding diaryl/α,β-unsaturated/α-hetero) is 2. The molecule has 2 aromatic carbocycles. The van der Waals surface area contributed by atoms with Crippen LogP contribution in [0.5, 0.6) is 0 Å². The van der Waals surface area contributed by atoms with Gasteiger partial charge in [0.2, 0.25) is 0 Å². The average molecular weight is 352 g/mol. The van der Waals surface area contributed by atoms with Crippen LogP contribution in [0.4, 0.5) is 0 Å². The van der Waals surface area contributed by atoms with Gasteiger partial charge in [-0.15, -0.1) is 0 Å². The number of ether oxygens (including phenoxy) is 2. The van der Waals surface area contributed by atoms with Gasteiger partial charge in [-0.05, 0) is 26.2 Å². The molecule has 0 spiro atoms. The molecule has 1 heterocycles. The van der Waals surface area contributed by atoms with Crippen LogP contribution in [-0.4, -0.2) is 30.6 Å². The fourth-order valence-electron chi connectivity index (χ4n) is 3.39. The first-order valence-electron chi connectivity index (χ1n) is 9.16. The zero-order valence-electron chi connectivity index (χ0n) is 15.0. The summed E-state index contributed by atoms with van der Waals surface area (Å²) >= 11 is 0. The third kappa shape index (κ3) is 4.26. The summed E-state index contributed by atoms with van der Waals surface area (Å²) in [7, 11) is 0. The Balaban J connectivity index is 1.91. The zero-order valence-corrected chi connectivity index (χ0v) is 15.0. The van der Waals surface area contributed by atoms with Crippen molar-refractivity contribution in [3.63, 3.8) is 0 Å². The first-order chi connectivity index (χ1) is 12.7. The molecule has 4 nitrogen and oxygen atoms in total. The molecule has 0 bridgehead atoms. The lowest BCUT2D eigenvalue weighted by atomic mass is 9.83. The summed E-state index contributed by atoms with van der Waals surface area (Å²) < 4.78 is 11.6. The average Bonchev–Trinajstić information content (AvgIpc) is 2.70. The molecule has 3 rings (SSSR count). The predicted molar refractivity (Wildman–Crippen MR) is 99.2 cm³/mol. The molecule has 136 valence electrons. The number of hydrogen-bond donors (Lipinski definition) is 0. The van der Waals surface area contributed by atoms with Gasteiger partial charge in [0.05, 0.1) is 6.10 Å². The Morgan fingerprint density at radius 2 is 1.50 bits per heavy atom. The minimum atomic E-state index is -0.858. The molecule has 0 amide bonds. The summed E-state index contributed by atoms with van der Waals surface area (Å²) in [4.78, 5) is 26.4. The highest BCUT2D eigenvalue weighted by Gasteiger charge is 2.39. The van der Waals surface area contributed by atoms with Crippen LogP contribution in [0.25, 0.3) is 0 Å². The largest absolute Gasteiger partial charge is 0.353 e. The Morgan fingerprint density at radius 1 is 0.962 bits per heavy atom. The molecule has 2 aromatic rings. The molecule has 2 unspecified atom stereocenters. The molecule has 26 heavy (non-hydrogen) atoms. The second-order valence-corrected chi connectivity index (χ2v) is 6.43. The number of benzene rings is 2. The lowest BCUT2D eigenvalue weighted by molar-refractivity contribution is -0.195. The summed E-state index contributed by atoms with van der Waals surface area (Å²) in [6, 6.07) is 17.9. The Kier molecular flexibility index (Phi) is 6.31. The molecule has 0 aromatic heterocycles. The summed E-state index contributed by atoms with van der Waals surface area (Å²) in [5.41, 5.74) is 1.06.